The van der Waals surface area contributed by atoms with Crippen molar-refractivity contribution in [3.63, 3.8) is 0 Å². The second-order valence-corrected chi connectivity index (χ2v) is 7.00. The van der Waals surface area contributed by atoms with E-state index in [-0.39, 0.29) is 12.1 Å². The quantitative estimate of drug-likeness (QED) is 0.496. The first-order valence-corrected chi connectivity index (χ1v) is 9.59. The van der Waals surface area contributed by atoms with Gasteiger partial charge in [0.05, 0.1) is 31.8 Å². The van der Waals surface area contributed by atoms with Gasteiger partial charge in [0.15, 0.2) is 5.65 Å². The molecule has 158 valence electrons. The summed E-state index contributed by atoms with van der Waals surface area (Å²) in [7, 11) is 3.02. The van der Waals surface area contributed by atoms with Gasteiger partial charge >= 0.3 is 0 Å². The van der Waals surface area contributed by atoms with Crippen molar-refractivity contribution in [3.05, 3.63) is 70.4 Å². The Morgan fingerprint density at radius 2 is 1.90 bits per heavy atom. The molecule has 1 amide bonds. The lowest BCUT2D eigenvalue weighted by atomic mass is 10.2. The molecule has 0 radical (unpaired) electrons. The normalized spacial score (nSPS) is 10.8. The van der Waals surface area contributed by atoms with E-state index in [2.05, 4.69) is 15.4 Å². The first-order valence-electron chi connectivity index (χ1n) is 9.21. The van der Waals surface area contributed by atoms with Crippen LogP contribution < -0.4 is 20.3 Å². The number of hydrogen-bond donors (Lipinski definition) is 1. The number of carbonyl (C=O) groups is 1. The van der Waals surface area contributed by atoms with Crippen LogP contribution in [0, 0.1) is 0 Å². The Morgan fingerprint density at radius 1 is 1.13 bits per heavy atom. The fourth-order valence-corrected chi connectivity index (χ4v) is 3.21. The number of ether oxygens (including phenoxy) is 2. The van der Waals surface area contributed by atoms with E-state index in [0.717, 1.165) is 0 Å². The number of aromatic nitrogens is 4. The second kappa shape index (κ2) is 8.49. The summed E-state index contributed by atoms with van der Waals surface area (Å²) in [6, 6.07) is 12.0. The molecule has 0 bridgehead atoms. The first-order chi connectivity index (χ1) is 15.0. The molecule has 1 N–H and O–H groups in total. The lowest BCUT2D eigenvalue weighted by Crippen LogP contribution is -2.28. The van der Waals surface area contributed by atoms with Gasteiger partial charge in [-0.25, -0.2) is 9.67 Å². The smallest absolute Gasteiger partial charge is 0.264 e. The molecule has 10 heteroatoms. The molecule has 0 unspecified atom stereocenters. The SMILES string of the molecule is COc1ccc(OC)c(NC(=O)Cn2cnc3c(cnn3-c3ccc(Cl)cc3)c2=O)c1. The number of anilines is 1. The Balaban J connectivity index is 1.60. The molecule has 0 aliphatic carbocycles. The van der Waals surface area contributed by atoms with Crippen LogP contribution in [-0.4, -0.2) is 39.5 Å². The van der Waals surface area contributed by atoms with E-state index in [1.807, 2.05) is 0 Å². The van der Waals surface area contributed by atoms with Crippen LogP contribution in [0.4, 0.5) is 5.69 Å². The van der Waals surface area contributed by atoms with Gasteiger partial charge in [-0.1, -0.05) is 11.6 Å². The summed E-state index contributed by atoms with van der Waals surface area (Å²) in [5.41, 5.74) is 1.16. The average Bonchev–Trinajstić information content (AvgIpc) is 3.21. The van der Waals surface area contributed by atoms with E-state index in [0.29, 0.717) is 38.9 Å². The topological polar surface area (TPSA) is 100 Å². The second-order valence-electron chi connectivity index (χ2n) is 6.56. The fraction of sp³-hybridized carbons (Fsp3) is 0.143. The molecule has 2 heterocycles. The Kier molecular flexibility index (Phi) is 5.59. The van der Waals surface area contributed by atoms with Crippen molar-refractivity contribution in [2.75, 3.05) is 19.5 Å². The summed E-state index contributed by atoms with van der Waals surface area (Å²) in [6.45, 7) is -0.228. The van der Waals surface area contributed by atoms with Gasteiger partial charge in [0.2, 0.25) is 5.91 Å². The van der Waals surface area contributed by atoms with Crippen LogP contribution in [0.25, 0.3) is 16.7 Å². The van der Waals surface area contributed by atoms with Crippen LogP contribution in [0.2, 0.25) is 5.02 Å². The minimum absolute atomic E-state index is 0.228. The zero-order valence-electron chi connectivity index (χ0n) is 16.7. The maximum Gasteiger partial charge on any atom is 0.264 e. The van der Waals surface area contributed by atoms with E-state index >= 15 is 0 Å². The number of nitrogens with zero attached hydrogens (tertiary/aromatic N) is 4. The minimum atomic E-state index is -0.417. The molecule has 0 saturated carbocycles. The number of amides is 1. The van der Waals surface area contributed by atoms with Crippen LogP contribution in [0.3, 0.4) is 0 Å². The van der Waals surface area contributed by atoms with Crippen molar-refractivity contribution in [3.8, 4) is 17.2 Å². The van der Waals surface area contributed by atoms with Crippen LogP contribution in [-0.2, 0) is 11.3 Å². The highest BCUT2D eigenvalue weighted by Gasteiger charge is 2.15. The van der Waals surface area contributed by atoms with Crippen LogP contribution >= 0.6 is 11.6 Å². The minimum Gasteiger partial charge on any atom is -0.497 e. The van der Waals surface area contributed by atoms with E-state index in [1.165, 1.54) is 31.3 Å². The number of nitrogens with one attached hydrogen (secondary N) is 1. The molecule has 2 aromatic carbocycles. The van der Waals surface area contributed by atoms with Crippen molar-refractivity contribution >= 4 is 34.2 Å². The molecule has 0 spiro atoms. The molecule has 0 aliphatic heterocycles. The largest absolute Gasteiger partial charge is 0.497 e. The number of rotatable bonds is 6. The van der Waals surface area contributed by atoms with Gasteiger partial charge in [-0.3, -0.25) is 14.2 Å². The number of carbonyl (C=O) groups excluding carboxylic acids is 1. The van der Waals surface area contributed by atoms with Gasteiger partial charge in [0.1, 0.15) is 29.8 Å². The Bertz CT molecular complexity index is 1310. The zero-order valence-corrected chi connectivity index (χ0v) is 17.5. The first kappa shape index (κ1) is 20.4. The zero-order chi connectivity index (χ0) is 22.0. The summed E-state index contributed by atoms with van der Waals surface area (Å²) in [4.78, 5) is 29.8. The fourth-order valence-electron chi connectivity index (χ4n) is 3.09. The summed E-state index contributed by atoms with van der Waals surface area (Å²) >= 11 is 5.93. The van der Waals surface area contributed by atoms with Gasteiger partial charge in [0, 0.05) is 11.1 Å². The standard InChI is InChI=1S/C21H18ClN5O4/c1-30-15-7-8-18(31-2)17(9-15)25-19(28)11-26-12-23-20-16(21(26)29)10-24-27(20)14-5-3-13(22)4-6-14/h3-10,12H,11H2,1-2H3,(H,25,28). The van der Waals surface area contributed by atoms with Crippen LogP contribution in [0.5, 0.6) is 11.5 Å². The van der Waals surface area contributed by atoms with Crippen LogP contribution in [0.1, 0.15) is 0 Å². The number of hydrogen-bond acceptors (Lipinski definition) is 6. The summed E-state index contributed by atoms with van der Waals surface area (Å²) in [6.07, 6.45) is 2.75. The molecule has 9 nitrogen and oxygen atoms in total. The Labute approximate surface area is 181 Å². The maximum atomic E-state index is 12.9. The highest BCUT2D eigenvalue weighted by molar-refractivity contribution is 6.30. The van der Waals surface area contributed by atoms with Crippen molar-refractivity contribution in [1.82, 2.24) is 19.3 Å². The molecule has 4 rings (SSSR count). The lowest BCUT2D eigenvalue weighted by molar-refractivity contribution is -0.116. The van der Waals surface area contributed by atoms with Gasteiger partial charge in [-0.15, -0.1) is 0 Å². The third-order valence-corrected chi connectivity index (χ3v) is 4.87. The van der Waals surface area contributed by atoms with E-state index in [4.69, 9.17) is 21.1 Å². The van der Waals surface area contributed by atoms with Gasteiger partial charge < -0.3 is 14.8 Å². The third kappa shape index (κ3) is 4.08. The highest BCUT2D eigenvalue weighted by atomic mass is 35.5. The van der Waals surface area contributed by atoms with Gasteiger partial charge in [0.25, 0.3) is 5.56 Å². The molecule has 0 aliphatic rings. The summed E-state index contributed by atoms with van der Waals surface area (Å²) in [5.74, 6) is 0.616. The molecule has 4 aromatic rings. The predicted octanol–water partition coefficient (Wildman–Crippen LogP) is 2.89. The molecule has 0 atom stereocenters. The molecule has 2 aromatic heterocycles. The highest BCUT2D eigenvalue weighted by Crippen LogP contribution is 2.28. The van der Waals surface area contributed by atoms with Crippen molar-refractivity contribution < 1.29 is 14.3 Å². The van der Waals surface area contributed by atoms with Crippen molar-refractivity contribution in [1.29, 1.82) is 0 Å². The monoisotopic (exact) mass is 439 g/mol. The average molecular weight is 440 g/mol. The van der Waals surface area contributed by atoms with E-state index in [1.54, 1.807) is 47.1 Å². The molecular formula is C21H18ClN5O4. The molecular weight excluding hydrogens is 422 g/mol. The number of fused-ring (bicyclic) bond motifs is 1. The summed E-state index contributed by atoms with van der Waals surface area (Å²) < 4.78 is 13.2. The summed E-state index contributed by atoms with van der Waals surface area (Å²) in [5, 5.41) is 7.87. The Hall–Kier alpha value is -3.85. The number of halogens is 1. The number of benzene rings is 2. The van der Waals surface area contributed by atoms with E-state index < -0.39 is 5.91 Å². The van der Waals surface area contributed by atoms with Gasteiger partial charge in [-0.2, -0.15) is 5.10 Å². The molecule has 31 heavy (non-hydrogen) atoms. The van der Waals surface area contributed by atoms with Crippen LogP contribution in [0.15, 0.2) is 59.8 Å². The molecule has 0 fully saturated rings. The van der Waals surface area contributed by atoms with Crippen molar-refractivity contribution in [2.45, 2.75) is 6.54 Å². The maximum absolute atomic E-state index is 12.9. The third-order valence-electron chi connectivity index (χ3n) is 4.62. The van der Waals surface area contributed by atoms with Gasteiger partial charge in [-0.05, 0) is 36.4 Å². The predicted molar refractivity (Wildman–Crippen MR) is 116 cm³/mol. The Morgan fingerprint density at radius 3 is 2.61 bits per heavy atom. The van der Waals surface area contributed by atoms with E-state index in [9.17, 15) is 9.59 Å². The lowest BCUT2D eigenvalue weighted by Gasteiger charge is -2.12. The van der Waals surface area contributed by atoms with Crippen molar-refractivity contribution in [2.24, 2.45) is 0 Å². The molecule has 0 saturated heterocycles. The number of methoxy groups -OCH3 is 2.